The molecule has 0 spiro atoms. The number of rotatable bonds is 3. The lowest BCUT2D eigenvalue weighted by Gasteiger charge is -2.47. The summed E-state index contributed by atoms with van der Waals surface area (Å²) in [5.74, 6) is -0.0196. The first-order valence-electron chi connectivity index (χ1n) is 8.16. The van der Waals surface area contributed by atoms with Crippen LogP contribution >= 0.6 is 0 Å². The lowest BCUT2D eigenvalue weighted by atomic mass is 9.75. The molecule has 0 aromatic heterocycles. The summed E-state index contributed by atoms with van der Waals surface area (Å²) in [4.78, 5) is 12.2. The Bertz CT molecular complexity index is 436. The number of carbonyl (C=O) groups excluding carboxylic acids is 1. The molecule has 3 nitrogen and oxygen atoms in total. The van der Waals surface area contributed by atoms with Gasteiger partial charge in [0, 0.05) is 12.3 Å². The van der Waals surface area contributed by atoms with Crippen molar-refractivity contribution in [1.82, 2.24) is 0 Å². The third-order valence-corrected chi connectivity index (χ3v) is 10.2. The van der Waals surface area contributed by atoms with Crippen LogP contribution in [0.15, 0.2) is 12.2 Å². The Kier molecular flexibility index (Phi) is 4.54. The molecule has 21 heavy (non-hydrogen) atoms. The van der Waals surface area contributed by atoms with Crippen LogP contribution in [0.4, 0.5) is 0 Å². The number of Topliss-reactive ketones (excluding diaryl/α,β-unsaturated/α-hetero) is 1. The monoisotopic (exact) mass is 310 g/mol. The van der Waals surface area contributed by atoms with Gasteiger partial charge in [-0.15, -0.1) is 0 Å². The van der Waals surface area contributed by atoms with Crippen molar-refractivity contribution < 1.29 is 14.3 Å². The quantitative estimate of drug-likeness (QED) is 0.636. The lowest BCUT2D eigenvalue weighted by Crippen LogP contribution is -2.57. The maximum absolute atomic E-state index is 12.2. The zero-order valence-corrected chi connectivity index (χ0v) is 15.1. The number of carbonyl (C=O) groups is 1. The van der Waals surface area contributed by atoms with Gasteiger partial charge in [0.1, 0.15) is 11.4 Å². The van der Waals surface area contributed by atoms with Gasteiger partial charge in [-0.1, -0.05) is 32.9 Å². The molecule has 0 saturated heterocycles. The normalized spacial score (nSPS) is 34.5. The van der Waals surface area contributed by atoms with Crippen molar-refractivity contribution in [3.63, 3.8) is 0 Å². The molecule has 0 aromatic rings. The molecule has 0 amide bonds. The van der Waals surface area contributed by atoms with Gasteiger partial charge < -0.3 is 9.53 Å². The molecule has 0 aliphatic heterocycles. The van der Waals surface area contributed by atoms with Crippen LogP contribution < -0.4 is 0 Å². The highest BCUT2D eigenvalue weighted by molar-refractivity contribution is 6.74. The Labute approximate surface area is 129 Å². The fourth-order valence-electron chi connectivity index (χ4n) is 3.22. The minimum Gasteiger partial charge on any atom is -0.411 e. The summed E-state index contributed by atoms with van der Waals surface area (Å²) >= 11 is 0. The summed E-state index contributed by atoms with van der Waals surface area (Å²) in [6.07, 6.45) is 7.44. The molecule has 3 atom stereocenters. The van der Waals surface area contributed by atoms with Gasteiger partial charge in [-0.25, -0.2) is 0 Å². The highest BCUT2D eigenvalue weighted by Gasteiger charge is 2.52. The average Bonchev–Trinajstić information content (AvgIpc) is 2.77. The van der Waals surface area contributed by atoms with Crippen molar-refractivity contribution in [1.29, 1.82) is 0 Å². The second-order valence-electron chi connectivity index (χ2n) is 8.18. The van der Waals surface area contributed by atoms with Crippen molar-refractivity contribution in [3.05, 3.63) is 12.2 Å². The van der Waals surface area contributed by atoms with Crippen LogP contribution in [0.3, 0.4) is 0 Å². The molecule has 2 aliphatic carbocycles. The standard InChI is InChI=1S/C17H30O3Si/c1-16(2,3)21(4,5)20-15-11-6-7-12-17(15,19)13-9-8-10-14(13)18/h6-7,13,15,19H,8-12H2,1-5H3/t13-,15-,17-/m0/s1. The molecule has 1 saturated carbocycles. The van der Waals surface area contributed by atoms with Gasteiger partial charge in [-0.2, -0.15) is 0 Å². The van der Waals surface area contributed by atoms with Gasteiger partial charge in [-0.05, 0) is 43.8 Å². The molecule has 1 N–H and O–H groups in total. The van der Waals surface area contributed by atoms with E-state index in [1.165, 1.54) is 0 Å². The summed E-state index contributed by atoms with van der Waals surface area (Å²) in [6.45, 7) is 11.0. The number of hydrogen-bond donors (Lipinski definition) is 1. The first-order valence-corrected chi connectivity index (χ1v) is 11.1. The van der Waals surface area contributed by atoms with Crippen LogP contribution in [0.1, 0.15) is 52.9 Å². The Balaban J connectivity index is 2.24. The second-order valence-corrected chi connectivity index (χ2v) is 12.9. The smallest absolute Gasteiger partial charge is 0.192 e. The van der Waals surface area contributed by atoms with Gasteiger partial charge in [0.25, 0.3) is 0 Å². The molecule has 120 valence electrons. The Morgan fingerprint density at radius 1 is 1.33 bits per heavy atom. The molecule has 1 fully saturated rings. The topological polar surface area (TPSA) is 46.5 Å². The number of ketones is 1. The van der Waals surface area contributed by atoms with Crippen LogP contribution in [-0.4, -0.2) is 30.9 Å². The Morgan fingerprint density at radius 3 is 2.52 bits per heavy atom. The molecule has 0 aromatic carbocycles. The second kappa shape index (κ2) is 5.63. The van der Waals surface area contributed by atoms with E-state index in [0.29, 0.717) is 19.3 Å². The summed E-state index contributed by atoms with van der Waals surface area (Å²) in [5, 5.41) is 11.4. The minimum absolute atomic E-state index is 0.106. The van der Waals surface area contributed by atoms with Crippen molar-refractivity contribution in [2.24, 2.45) is 5.92 Å². The highest BCUT2D eigenvalue weighted by Crippen LogP contribution is 2.44. The van der Waals surface area contributed by atoms with E-state index in [1.807, 2.05) is 6.08 Å². The Hall–Kier alpha value is -0.453. The molecule has 2 rings (SSSR count). The van der Waals surface area contributed by atoms with Crippen molar-refractivity contribution >= 4 is 14.1 Å². The van der Waals surface area contributed by atoms with Crippen LogP contribution in [0, 0.1) is 5.92 Å². The molecule has 0 unspecified atom stereocenters. The van der Waals surface area contributed by atoms with Gasteiger partial charge in [0.15, 0.2) is 8.32 Å². The largest absolute Gasteiger partial charge is 0.411 e. The van der Waals surface area contributed by atoms with E-state index in [0.717, 1.165) is 12.8 Å². The molecular weight excluding hydrogens is 280 g/mol. The predicted molar refractivity (Wildman–Crippen MR) is 87.7 cm³/mol. The minimum atomic E-state index is -1.96. The zero-order valence-electron chi connectivity index (χ0n) is 14.1. The van der Waals surface area contributed by atoms with E-state index in [1.54, 1.807) is 0 Å². The van der Waals surface area contributed by atoms with Crippen LogP contribution in [0.25, 0.3) is 0 Å². The third kappa shape index (κ3) is 3.17. The molecule has 0 heterocycles. The van der Waals surface area contributed by atoms with Crippen molar-refractivity contribution in [2.45, 2.75) is 82.7 Å². The maximum atomic E-state index is 12.2. The van der Waals surface area contributed by atoms with Gasteiger partial charge in [0.05, 0.1) is 6.10 Å². The van der Waals surface area contributed by atoms with Crippen LogP contribution in [0.2, 0.25) is 18.1 Å². The van der Waals surface area contributed by atoms with E-state index in [-0.39, 0.29) is 22.8 Å². The first kappa shape index (κ1) is 16.9. The summed E-state index contributed by atoms with van der Waals surface area (Å²) in [7, 11) is -1.96. The first-order chi connectivity index (χ1) is 9.58. The van der Waals surface area contributed by atoms with E-state index in [4.69, 9.17) is 4.43 Å². The maximum Gasteiger partial charge on any atom is 0.192 e. The van der Waals surface area contributed by atoms with E-state index >= 15 is 0 Å². The van der Waals surface area contributed by atoms with E-state index in [2.05, 4.69) is 39.9 Å². The fourth-order valence-corrected chi connectivity index (χ4v) is 4.59. The summed E-state index contributed by atoms with van der Waals surface area (Å²) < 4.78 is 6.50. The third-order valence-electron chi connectivity index (χ3n) is 5.67. The molecular formula is C17H30O3Si. The van der Waals surface area contributed by atoms with Crippen LogP contribution in [-0.2, 0) is 9.22 Å². The SMILES string of the molecule is CC(C)(C)[Si](C)(C)O[C@H]1CC=CC[C@]1(O)[C@H]1CCCC1=O. The van der Waals surface area contributed by atoms with Gasteiger partial charge in [-0.3, -0.25) is 4.79 Å². The van der Waals surface area contributed by atoms with Crippen molar-refractivity contribution in [2.75, 3.05) is 0 Å². The van der Waals surface area contributed by atoms with Gasteiger partial charge >= 0.3 is 0 Å². The number of hydrogen-bond acceptors (Lipinski definition) is 3. The lowest BCUT2D eigenvalue weighted by molar-refractivity contribution is -0.141. The van der Waals surface area contributed by atoms with Gasteiger partial charge in [0.2, 0.25) is 0 Å². The van der Waals surface area contributed by atoms with Crippen LogP contribution in [0.5, 0.6) is 0 Å². The zero-order chi connectivity index (χ0) is 15.9. The Morgan fingerprint density at radius 2 is 2.00 bits per heavy atom. The molecule has 0 radical (unpaired) electrons. The summed E-state index contributed by atoms with van der Waals surface area (Å²) in [5.41, 5.74) is -1.00. The van der Waals surface area contributed by atoms with E-state index in [9.17, 15) is 9.90 Å². The summed E-state index contributed by atoms with van der Waals surface area (Å²) in [6, 6.07) is 0. The van der Waals surface area contributed by atoms with Crippen molar-refractivity contribution in [3.8, 4) is 0 Å². The average molecular weight is 311 g/mol. The molecule has 4 heteroatoms. The fraction of sp³-hybridized carbons (Fsp3) is 0.824. The predicted octanol–water partition coefficient (Wildman–Crippen LogP) is 3.83. The molecule has 2 aliphatic rings. The number of aliphatic hydroxyl groups is 1. The molecule has 0 bridgehead atoms. The van der Waals surface area contributed by atoms with E-state index < -0.39 is 13.9 Å². The highest BCUT2D eigenvalue weighted by atomic mass is 28.4.